The van der Waals surface area contributed by atoms with Gasteiger partial charge in [0.2, 0.25) is 0 Å². The highest BCUT2D eigenvalue weighted by molar-refractivity contribution is 7.90. The zero-order valence-corrected chi connectivity index (χ0v) is 25.2. The zero-order valence-electron chi connectivity index (χ0n) is 22.0. The number of rotatable bonds is 6. The van der Waals surface area contributed by atoms with Crippen molar-refractivity contribution in [1.82, 2.24) is 13.5 Å². The maximum atomic E-state index is 13.6. The van der Waals surface area contributed by atoms with E-state index in [-0.39, 0.29) is 19.6 Å². The van der Waals surface area contributed by atoms with Crippen LogP contribution >= 0.6 is 23.2 Å². The molecule has 4 aromatic rings. The molecule has 1 aromatic heterocycles. The SMILES string of the molecule is O=S(=O)(N1CCN(c2nn(S(=O)(=O)C(F)(F)F)c3ccc(C(c4ccc(Cl)cc4)c4ccc(Cl)cc4)cc23)CC1)C(F)(F)F. The molecule has 44 heavy (non-hydrogen) atoms. The van der Waals surface area contributed by atoms with Gasteiger partial charge in [0.1, 0.15) is 0 Å². The maximum absolute atomic E-state index is 13.6. The lowest BCUT2D eigenvalue weighted by Gasteiger charge is -2.34. The van der Waals surface area contributed by atoms with Crippen molar-refractivity contribution in [3.8, 4) is 0 Å². The lowest BCUT2D eigenvalue weighted by molar-refractivity contribution is -0.0490. The van der Waals surface area contributed by atoms with Gasteiger partial charge in [-0.05, 0) is 53.1 Å². The molecule has 8 nitrogen and oxygen atoms in total. The number of nitrogens with zero attached hydrogens (tertiary/aromatic N) is 4. The van der Waals surface area contributed by atoms with Gasteiger partial charge in [0.15, 0.2) is 5.82 Å². The third-order valence-electron chi connectivity index (χ3n) is 7.08. The van der Waals surface area contributed by atoms with Gasteiger partial charge in [0.25, 0.3) is 0 Å². The fourth-order valence-corrected chi connectivity index (χ4v) is 6.95. The first-order valence-electron chi connectivity index (χ1n) is 12.6. The Morgan fingerprint density at radius 1 is 0.659 bits per heavy atom. The number of anilines is 1. The Morgan fingerprint density at radius 3 is 1.57 bits per heavy atom. The van der Waals surface area contributed by atoms with Crippen molar-refractivity contribution in [3.05, 3.63) is 93.5 Å². The Kier molecular flexibility index (Phi) is 8.37. The maximum Gasteiger partial charge on any atom is 0.518 e. The van der Waals surface area contributed by atoms with E-state index in [0.717, 1.165) is 17.2 Å². The van der Waals surface area contributed by atoms with Crippen LogP contribution in [0.3, 0.4) is 0 Å². The van der Waals surface area contributed by atoms with E-state index in [1.807, 2.05) is 0 Å². The van der Waals surface area contributed by atoms with Crippen molar-refractivity contribution >= 4 is 60.0 Å². The topological polar surface area (TPSA) is 92.6 Å². The molecule has 0 spiro atoms. The first-order valence-corrected chi connectivity index (χ1v) is 16.2. The molecule has 2 heterocycles. The molecule has 3 aromatic carbocycles. The summed E-state index contributed by atoms with van der Waals surface area (Å²) in [5, 5.41) is 4.62. The summed E-state index contributed by atoms with van der Waals surface area (Å²) in [6.07, 6.45) is 0. The monoisotopic (exact) mass is 700 g/mol. The molecule has 0 radical (unpaired) electrons. The minimum atomic E-state index is -6.03. The Labute approximate surface area is 257 Å². The Hall–Kier alpha value is -3.05. The van der Waals surface area contributed by atoms with Crippen molar-refractivity contribution in [3.63, 3.8) is 0 Å². The highest BCUT2D eigenvalue weighted by Gasteiger charge is 2.51. The van der Waals surface area contributed by atoms with Crippen molar-refractivity contribution in [2.45, 2.75) is 16.9 Å². The molecule has 18 heteroatoms. The predicted octanol–water partition coefficient (Wildman–Crippen LogP) is 6.19. The van der Waals surface area contributed by atoms with E-state index in [1.165, 1.54) is 17.0 Å². The second-order valence-electron chi connectivity index (χ2n) is 9.77. The molecule has 0 unspecified atom stereocenters. The molecule has 1 saturated heterocycles. The van der Waals surface area contributed by atoms with E-state index >= 15 is 0 Å². The van der Waals surface area contributed by atoms with E-state index in [0.29, 0.717) is 15.6 Å². The molecule has 236 valence electrons. The third-order valence-corrected chi connectivity index (χ3v) is 10.5. The van der Waals surface area contributed by atoms with Gasteiger partial charge in [-0.15, -0.1) is 9.19 Å². The van der Waals surface area contributed by atoms with Crippen LogP contribution in [0.5, 0.6) is 0 Å². The Balaban J connectivity index is 1.66. The molecule has 0 bridgehead atoms. The highest BCUT2D eigenvalue weighted by atomic mass is 35.5. The Bertz CT molecular complexity index is 1860. The smallest absolute Gasteiger partial charge is 0.352 e. The number of sulfonamides is 1. The van der Waals surface area contributed by atoms with Crippen LogP contribution in [0.15, 0.2) is 66.7 Å². The van der Waals surface area contributed by atoms with Crippen molar-refractivity contribution < 1.29 is 43.2 Å². The summed E-state index contributed by atoms with van der Waals surface area (Å²) in [7, 11) is -11.7. The number of alkyl halides is 6. The summed E-state index contributed by atoms with van der Waals surface area (Å²) in [5.74, 6) is -0.817. The Morgan fingerprint density at radius 2 is 1.11 bits per heavy atom. The van der Waals surface area contributed by atoms with E-state index < -0.39 is 68.7 Å². The van der Waals surface area contributed by atoms with Crippen LogP contribution in [0.2, 0.25) is 10.0 Å². The molecule has 1 aliphatic heterocycles. The molecule has 0 N–H and O–H groups in total. The summed E-state index contributed by atoms with van der Waals surface area (Å²) in [4.78, 5) is 1.25. The summed E-state index contributed by atoms with van der Waals surface area (Å²) in [6.45, 7) is -2.15. The van der Waals surface area contributed by atoms with Gasteiger partial charge in [0, 0.05) is 47.5 Å². The third kappa shape index (κ3) is 5.85. The second-order valence-corrected chi connectivity index (χ2v) is 14.3. The van der Waals surface area contributed by atoms with Gasteiger partial charge in [-0.25, -0.2) is 8.42 Å². The quantitative estimate of drug-likeness (QED) is 0.176. The minimum absolute atomic E-state index is 0.0459. The average molecular weight is 701 g/mol. The van der Waals surface area contributed by atoms with Crippen LogP contribution in [0.4, 0.5) is 32.2 Å². The molecular weight excluding hydrogens is 681 g/mol. The van der Waals surface area contributed by atoms with Gasteiger partial charge in [0.05, 0.1) is 5.52 Å². The van der Waals surface area contributed by atoms with Crippen LogP contribution in [0, 0.1) is 0 Å². The van der Waals surface area contributed by atoms with Gasteiger partial charge in [-0.2, -0.15) is 39.1 Å². The predicted molar refractivity (Wildman–Crippen MR) is 153 cm³/mol. The molecule has 1 fully saturated rings. The summed E-state index contributed by atoms with van der Waals surface area (Å²) < 4.78 is 129. The van der Waals surface area contributed by atoms with Crippen molar-refractivity contribution in [1.29, 1.82) is 0 Å². The number of halogens is 8. The van der Waals surface area contributed by atoms with E-state index in [4.69, 9.17) is 23.2 Å². The van der Waals surface area contributed by atoms with Crippen LogP contribution < -0.4 is 4.90 Å². The fraction of sp³-hybridized carbons (Fsp3) is 0.269. The molecule has 0 amide bonds. The lowest BCUT2D eigenvalue weighted by Crippen LogP contribution is -2.52. The summed E-state index contributed by atoms with van der Waals surface area (Å²) >= 11 is 12.1. The number of hydrogen-bond acceptors (Lipinski definition) is 6. The molecular formula is C26H20Cl2F6N4O4S2. The molecule has 5 rings (SSSR count). The fourth-order valence-electron chi connectivity index (χ4n) is 4.96. The van der Waals surface area contributed by atoms with Crippen molar-refractivity contribution in [2.24, 2.45) is 0 Å². The van der Waals surface area contributed by atoms with Crippen LogP contribution in [-0.4, -0.2) is 67.5 Å². The summed E-state index contributed by atoms with van der Waals surface area (Å²) in [5.41, 5.74) is -9.76. The van der Waals surface area contributed by atoms with E-state index in [1.54, 1.807) is 48.5 Å². The van der Waals surface area contributed by atoms with E-state index in [2.05, 4.69) is 5.10 Å². The first kappa shape index (κ1) is 32.3. The number of fused-ring (bicyclic) bond motifs is 1. The zero-order chi connectivity index (χ0) is 32.2. The van der Waals surface area contributed by atoms with Gasteiger partial charge >= 0.3 is 31.1 Å². The van der Waals surface area contributed by atoms with Gasteiger partial charge in [-0.1, -0.05) is 53.5 Å². The number of hydrogen-bond donors (Lipinski definition) is 0. The van der Waals surface area contributed by atoms with Gasteiger partial charge in [-0.3, -0.25) is 0 Å². The number of piperazine rings is 1. The number of benzene rings is 3. The van der Waals surface area contributed by atoms with E-state index in [9.17, 15) is 43.2 Å². The molecule has 0 aliphatic carbocycles. The largest absolute Gasteiger partial charge is 0.518 e. The lowest BCUT2D eigenvalue weighted by atomic mass is 9.85. The van der Waals surface area contributed by atoms with Crippen molar-refractivity contribution in [2.75, 3.05) is 31.1 Å². The molecule has 1 aliphatic rings. The summed E-state index contributed by atoms with van der Waals surface area (Å²) in [6, 6.07) is 17.6. The van der Waals surface area contributed by atoms with Crippen LogP contribution in [-0.2, 0) is 20.0 Å². The first-order chi connectivity index (χ1) is 20.4. The molecule has 0 saturated carbocycles. The van der Waals surface area contributed by atoms with Gasteiger partial charge < -0.3 is 4.90 Å². The minimum Gasteiger partial charge on any atom is -0.352 e. The normalized spacial score (nSPS) is 15.8. The standard InChI is InChI=1S/C26H20Cl2F6N4O4S2/c27-19-6-1-16(2-7-19)23(17-3-8-20(28)9-4-17)18-5-10-22-21(15-18)24(35-38(22)44(41,42)26(32,33)34)36-11-13-37(14-12-36)43(39,40)25(29,30)31/h1-10,15,23H,11-14H2. The number of aromatic nitrogens is 2. The second kappa shape index (κ2) is 11.4. The van der Waals surface area contributed by atoms with Crippen LogP contribution in [0.25, 0.3) is 10.9 Å². The van der Waals surface area contributed by atoms with Crippen LogP contribution in [0.1, 0.15) is 22.6 Å². The average Bonchev–Trinajstić information content (AvgIpc) is 3.34. The highest BCUT2D eigenvalue weighted by Crippen LogP contribution is 2.39. The molecule has 0 atom stereocenters.